The fourth-order valence-electron chi connectivity index (χ4n) is 4.10. The zero-order valence-electron chi connectivity index (χ0n) is 17.5. The smallest absolute Gasteiger partial charge is 0.147 e. The number of pyridine rings is 1. The van der Waals surface area contributed by atoms with Gasteiger partial charge in [-0.1, -0.05) is 36.4 Å². The number of hydrogen-bond donors (Lipinski definition) is 1. The van der Waals surface area contributed by atoms with Crippen LogP contribution < -0.4 is 15.4 Å². The maximum absolute atomic E-state index is 6.29. The molecule has 2 N–H and O–H groups in total. The normalized spacial score (nSPS) is 14.0. The number of rotatable bonds is 4. The van der Waals surface area contributed by atoms with Crippen LogP contribution in [0.3, 0.4) is 0 Å². The topological polar surface area (TPSA) is 60.6 Å². The lowest BCUT2D eigenvalue weighted by atomic mass is 9.97. The van der Waals surface area contributed by atoms with Crippen molar-refractivity contribution in [3.05, 3.63) is 78.4 Å². The molecule has 5 nitrogen and oxygen atoms in total. The Labute approximate surface area is 182 Å². The first-order valence-corrected chi connectivity index (χ1v) is 10.5. The van der Waals surface area contributed by atoms with Gasteiger partial charge in [-0.05, 0) is 54.4 Å². The molecule has 3 aromatic carbocycles. The van der Waals surface area contributed by atoms with Crippen molar-refractivity contribution in [2.45, 2.75) is 6.92 Å². The average Bonchev–Trinajstić information content (AvgIpc) is 2.80. The number of hydrogen-bond acceptors (Lipinski definition) is 5. The first-order valence-electron chi connectivity index (χ1n) is 10.5. The highest BCUT2D eigenvalue weighted by Crippen LogP contribution is 2.38. The molecule has 0 unspecified atom stereocenters. The average molecular weight is 412 g/mol. The van der Waals surface area contributed by atoms with Crippen LogP contribution in [0.15, 0.2) is 72.8 Å². The number of para-hydroxylation sites is 1. The maximum Gasteiger partial charge on any atom is 0.147 e. The van der Waals surface area contributed by atoms with Crippen LogP contribution in [0.1, 0.15) is 5.56 Å². The molecule has 1 aliphatic rings. The molecule has 0 atom stereocenters. The van der Waals surface area contributed by atoms with E-state index in [0.29, 0.717) is 19.0 Å². The highest BCUT2D eigenvalue weighted by atomic mass is 16.5. The van der Waals surface area contributed by atoms with Crippen LogP contribution in [-0.2, 0) is 4.74 Å². The molecule has 5 heteroatoms. The van der Waals surface area contributed by atoms with Crippen LogP contribution in [0.4, 0.5) is 11.5 Å². The Morgan fingerprint density at radius 3 is 2.55 bits per heavy atom. The Balaban J connectivity index is 1.58. The first-order chi connectivity index (χ1) is 15.2. The van der Waals surface area contributed by atoms with Gasteiger partial charge >= 0.3 is 0 Å². The summed E-state index contributed by atoms with van der Waals surface area (Å²) in [6, 6.07) is 24.4. The number of nitrogens with zero attached hydrogens (tertiary/aromatic N) is 2. The summed E-state index contributed by atoms with van der Waals surface area (Å²) in [6.45, 7) is 5.17. The number of fused-ring (bicyclic) bond motifs is 1. The second-order valence-corrected chi connectivity index (χ2v) is 7.76. The largest absolute Gasteiger partial charge is 0.457 e. The van der Waals surface area contributed by atoms with Crippen molar-refractivity contribution in [2.75, 3.05) is 36.9 Å². The second-order valence-electron chi connectivity index (χ2n) is 7.76. The van der Waals surface area contributed by atoms with Crippen molar-refractivity contribution in [3.63, 3.8) is 0 Å². The molecule has 4 aromatic rings. The summed E-state index contributed by atoms with van der Waals surface area (Å²) in [4.78, 5) is 6.91. The molecule has 0 bridgehead atoms. The van der Waals surface area contributed by atoms with Gasteiger partial charge in [0.25, 0.3) is 0 Å². The highest BCUT2D eigenvalue weighted by Gasteiger charge is 2.17. The third-order valence-electron chi connectivity index (χ3n) is 5.67. The number of nitrogens with two attached hydrogens (primary N) is 1. The molecule has 1 aromatic heterocycles. The van der Waals surface area contributed by atoms with Crippen LogP contribution in [0.2, 0.25) is 0 Å². The number of anilines is 2. The number of aryl methyl sites for hydroxylation is 1. The first kappa shape index (κ1) is 19.4. The fraction of sp³-hybridized carbons (Fsp3) is 0.192. The van der Waals surface area contributed by atoms with Gasteiger partial charge in [0.1, 0.15) is 17.3 Å². The zero-order chi connectivity index (χ0) is 21.2. The van der Waals surface area contributed by atoms with Crippen molar-refractivity contribution in [2.24, 2.45) is 0 Å². The van der Waals surface area contributed by atoms with Gasteiger partial charge in [0.2, 0.25) is 0 Å². The van der Waals surface area contributed by atoms with Crippen molar-refractivity contribution >= 4 is 22.4 Å². The quantitative estimate of drug-likeness (QED) is 0.486. The molecule has 0 amide bonds. The van der Waals surface area contributed by atoms with Gasteiger partial charge in [-0.3, -0.25) is 0 Å². The summed E-state index contributed by atoms with van der Waals surface area (Å²) < 4.78 is 11.7. The Morgan fingerprint density at radius 2 is 1.74 bits per heavy atom. The number of nitrogen functional groups attached to an aromatic ring is 1. The number of morpholine rings is 1. The van der Waals surface area contributed by atoms with E-state index in [1.807, 2.05) is 48.5 Å². The molecule has 1 saturated heterocycles. The lowest BCUT2D eigenvalue weighted by Crippen LogP contribution is -2.36. The second kappa shape index (κ2) is 8.28. The van der Waals surface area contributed by atoms with E-state index in [1.165, 1.54) is 0 Å². The summed E-state index contributed by atoms with van der Waals surface area (Å²) in [7, 11) is 0. The van der Waals surface area contributed by atoms with Crippen LogP contribution in [0.5, 0.6) is 11.5 Å². The maximum atomic E-state index is 6.29. The van der Waals surface area contributed by atoms with Gasteiger partial charge in [0.15, 0.2) is 0 Å². The standard InChI is InChI=1S/C26H25N3O2/c1-18-6-5-9-24(31-21-7-3-2-4-8-21)25(18)19-10-11-22-20(16-19)17-23(26(27)28-22)29-12-14-30-15-13-29/h2-11,16-17H,12-15H2,1H3,(H2,27,28). The summed E-state index contributed by atoms with van der Waals surface area (Å²) in [5, 5.41) is 1.06. The van der Waals surface area contributed by atoms with E-state index in [9.17, 15) is 0 Å². The van der Waals surface area contributed by atoms with Crippen molar-refractivity contribution < 1.29 is 9.47 Å². The lowest BCUT2D eigenvalue weighted by molar-refractivity contribution is 0.123. The Hall–Kier alpha value is -3.57. The van der Waals surface area contributed by atoms with E-state index in [-0.39, 0.29) is 0 Å². The van der Waals surface area contributed by atoms with Gasteiger partial charge in [0, 0.05) is 24.0 Å². The van der Waals surface area contributed by atoms with Crippen LogP contribution in [0.25, 0.3) is 22.0 Å². The highest BCUT2D eigenvalue weighted by molar-refractivity contribution is 5.91. The third-order valence-corrected chi connectivity index (χ3v) is 5.67. The van der Waals surface area contributed by atoms with E-state index < -0.39 is 0 Å². The third kappa shape index (κ3) is 3.92. The molecular weight excluding hydrogens is 386 g/mol. The molecule has 0 radical (unpaired) electrons. The number of benzene rings is 3. The van der Waals surface area contributed by atoms with Crippen molar-refractivity contribution in [3.8, 4) is 22.6 Å². The Kier molecular flexibility index (Phi) is 5.18. The van der Waals surface area contributed by atoms with Gasteiger partial charge < -0.3 is 20.1 Å². The van der Waals surface area contributed by atoms with Crippen LogP contribution >= 0.6 is 0 Å². The molecule has 0 saturated carbocycles. The van der Waals surface area contributed by atoms with Crippen molar-refractivity contribution in [1.82, 2.24) is 4.98 Å². The molecular formula is C26H25N3O2. The molecule has 1 fully saturated rings. The summed E-state index contributed by atoms with van der Waals surface area (Å²) in [5.74, 6) is 2.22. The molecule has 0 aliphatic carbocycles. The van der Waals surface area contributed by atoms with Gasteiger partial charge in [-0.2, -0.15) is 0 Å². The fourth-order valence-corrected chi connectivity index (χ4v) is 4.10. The van der Waals surface area contributed by atoms with Gasteiger partial charge in [-0.25, -0.2) is 4.98 Å². The minimum Gasteiger partial charge on any atom is -0.457 e. The van der Waals surface area contributed by atoms with E-state index in [1.54, 1.807) is 0 Å². The van der Waals surface area contributed by atoms with Gasteiger partial charge in [-0.15, -0.1) is 0 Å². The SMILES string of the molecule is Cc1cccc(Oc2ccccc2)c1-c1ccc2nc(N)c(N3CCOCC3)cc2c1. The number of ether oxygens (including phenoxy) is 2. The molecule has 156 valence electrons. The Morgan fingerprint density at radius 1 is 0.935 bits per heavy atom. The van der Waals surface area contributed by atoms with E-state index >= 15 is 0 Å². The van der Waals surface area contributed by atoms with Crippen LogP contribution in [0, 0.1) is 6.92 Å². The predicted molar refractivity (Wildman–Crippen MR) is 126 cm³/mol. The predicted octanol–water partition coefficient (Wildman–Crippen LogP) is 5.42. The lowest BCUT2D eigenvalue weighted by Gasteiger charge is -2.29. The van der Waals surface area contributed by atoms with Crippen LogP contribution in [-0.4, -0.2) is 31.3 Å². The number of aromatic nitrogens is 1. The molecule has 5 rings (SSSR count). The molecule has 2 heterocycles. The molecule has 31 heavy (non-hydrogen) atoms. The Bertz CT molecular complexity index is 1220. The van der Waals surface area contributed by atoms with E-state index in [4.69, 9.17) is 15.2 Å². The monoisotopic (exact) mass is 411 g/mol. The summed E-state index contributed by atoms with van der Waals surface area (Å²) >= 11 is 0. The summed E-state index contributed by atoms with van der Waals surface area (Å²) in [6.07, 6.45) is 0. The van der Waals surface area contributed by atoms with E-state index in [0.717, 1.165) is 57.9 Å². The van der Waals surface area contributed by atoms with Crippen molar-refractivity contribution in [1.29, 1.82) is 0 Å². The zero-order valence-corrected chi connectivity index (χ0v) is 17.5. The van der Waals surface area contributed by atoms with E-state index in [2.05, 4.69) is 41.1 Å². The molecule has 0 spiro atoms. The minimum atomic E-state index is 0.561. The van der Waals surface area contributed by atoms with Gasteiger partial charge in [0.05, 0.1) is 24.4 Å². The summed E-state index contributed by atoms with van der Waals surface area (Å²) in [5.41, 5.74) is 11.5. The molecule has 1 aliphatic heterocycles. The minimum absolute atomic E-state index is 0.561.